The number of nitrogens with one attached hydrogen (secondary N) is 3. The summed E-state index contributed by atoms with van der Waals surface area (Å²) in [5.74, 6) is 0.0396. The Bertz CT molecular complexity index is 1350. The summed E-state index contributed by atoms with van der Waals surface area (Å²) in [6, 6.07) is 13.7. The molecule has 1 unspecified atom stereocenters. The quantitative estimate of drug-likeness (QED) is 0.256. The molecule has 7 heteroatoms. The van der Waals surface area contributed by atoms with Gasteiger partial charge < -0.3 is 20.7 Å². The zero-order chi connectivity index (χ0) is 28.1. The molecule has 1 amide bonds. The maximum absolute atomic E-state index is 13.3. The number of pyridine rings is 1. The number of esters is 1. The Morgan fingerprint density at radius 1 is 1.03 bits per heavy atom. The highest BCUT2D eigenvalue weighted by atomic mass is 16.5. The highest BCUT2D eigenvalue weighted by molar-refractivity contribution is 6.04. The molecule has 0 saturated heterocycles. The first-order valence-electron chi connectivity index (χ1n) is 13.8. The van der Waals surface area contributed by atoms with Gasteiger partial charge in [-0.1, -0.05) is 38.1 Å². The first-order chi connectivity index (χ1) is 18.7. The normalized spacial score (nSPS) is 13.7. The molecule has 0 spiro atoms. The predicted octanol–water partition coefficient (Wildman–Crippen LogP) is 6.21. The number of nitrogens with zero attached hydrogens (tertiary/aromatic N) is 1. The average Bonchev–Trinajstić information content (AvgIpc) is 3.76. The smallest absolute Gasteiger partial charge is 0.323 e. The van der Waals surface area contributed by atoms with Crippen LogP contribution in [0.3, 0.4) is 0 Å². The molecule has 1 saturated carbocycles. The number of aromatic nitrogens is 1. The van der Waals surface area contributed by atoms with Crippen LogP contribution < -0.4 is 16.0 Å². The summed E-state index contributed by atoms with van der Waals surface area (Å²) < 4.78 is 5.24. The zero-order valence-electron chi connectivity index (χ0n) is 23.9. The molecule has 0 bridgehead atoms. The Morgan fingerprint density at radius 2 is 1.67 bits per heavy atom. The van der Waals surface area contributed by atoms with Gasteiger partial charge in [0, 0.05) is 31.2 Å². The summed E-state index contributed by atoms with van der Waals surface area (Å²) in [5, 5.41) is 9.69. The van der Waals surface area contributed by atoms with Crippen molar-refractivity contribution in [1.82, 2.24) is 10.3 Å². The maximum Gasteiger partial charge on any atom is 0.323 e. The SMILES string of the molecule is CCOC(=O)C(NCc1cnc(C(=O)Nc2cccc(-c3cccc(NC)c3C)c2C)cc1C1CC1)C(C)C. The van der Waals surface area contributed by atoms with Crippen LogP contribution in [0.5, 0.6) is 0 Å². The van der Waals surface area contributed by atoms with E-state index in [1.54, 1.807) is 6.20 Å². The second-order valence-electron chi connectivity index (χ2n) is 10.6. The van der Waals surface area contributed by atoms with E-state index in [1.807, 2.05) is 59.0 Å². The van der Waals surface area contributed by atoms with Gasteiger partial charge in [0.25, 0.3) is 5.91 Å². The first-order valence-corrected chi connectivity index (χ1v) is 13.8. The summed E-state index contributed by atoms with van der Waals surface area (Å²) >= 11 is 0. The van der Waals surface area contributed by atoms with Crippen molar-refractivity contribution in [2.24, 2.45) is 5.92 Å². The van der Waals surface area contributed by atoms with Crippen molar-refractivity contribution in [2.45, 2.75) is 66.0 Å². The molecule has 1 aliphatic rings. The number of amides is 1. The number of ether oxygens (including phenoxy) is 1. The monoisotopic (exact) mass is 528 g/mol. The lowest BCUT2D eigenvalue weighted by molar-refractivity contribution is -0.146. The number of rotatable bonds is 11. The Balaban J connectivity index is 1.54. The number of anilines is 2. The van der Waals surface area contributed by atoms with Crippen molar-refractivity contribution in [3.05, 3.63) is 76.6 Å². The van der Waals surface area contributed by atoms with E-state index in [4.69, 9.17) is 4.74 Å². The Morgan fingerprint density at radius 3 is 2.26 bits per heavy atom. The molecule has 1 fully saturated rings. The van der Waals surface area contributed by atoms with Crippen molar-refractivity contribution in [3.63, 3.8) is 0 Å². The van der Waals surface area contributed by atoms with Gasteiger partial charge in [0.1, 0.15) is 11.7 Å². The lowest BCUT2D eigenvalue weighted by atomic mass is 9.94. The van der Waals surface area contributed by atoms with Crippen LogP contribution in [-0.2, 0) is 16.1 Å². The molecule has 1 aliphatic carbocycles. The van der Waals surface area contributed by atoms with E-state index in [1.165, 1.54) is 0 Å². The van der Waals surface area contributed by atoms with Gasteiger partial charge in [-0.05, 0) is 97.0 Å². The van der Waals surface area contributed by atoms with Crippen molar-refractivity contribution in [3.8, 4) is 11.1 Å². The third-order valence-electron chi connectivity index (χ3n) is 7.47. The van der Waals surface area contributed by atoms with Crippen LogP contribution in [0.25, 0.3) is 11.1 Å². The lowest BCUT2D eigenvalue weighted by Gasteiger charge is -2.21. The van der Waals surface area contributed by atoms with Gasteiger partial charge in [-0.2, -0.15) is 0 Å². The zero-order valence-corrected chi connectivity index (χ0v) is 23.9. The minimum absolute atomic E-state index is 0.0925. The van der Waals surface area contributed by atoms with E-state index in [9.17, 15) is 9.59 Å². The van der Waals surface area contributed by atoms with Crippen LogP contribution in [0.1, 0.15) is 72.3 Å². The molecule has 1 heterocycles. The molecule has 39 heavy (non-hydrogen) atoms. The van der Waals surface area contributed by atoms with E-state index in [0.717, 1.165) is 57.6 Å². The van der Waals surface area contributed by atoms with Crippen LogP contribution >= 0.6 is 0 Å². The van der Waals surface area contributed by atoms with Crippen molar-refractivity contribution in [1.29, 1.82) is 0 Å². The third kappa shape index (κ3) is 6.48. The topological polar surface area (TPSA) is 92.3 Å². The van der Waals surface area contributed by atoms with Crippen LogP contribution in [0, 0.1) is 19.8 Å². The molecule has 4 rings (SSSR count). The van der Waals surface area contributed by atoms with E-state index in [0.29, 0.717) is 24.8 Å². The molecule has 3 aromatic rings. The molecule has 3 N–H and O–H groups in total. The second-order valence-corrected chi connectivity index (χ2v) is 10.6. The minimum Gasteiger partial charge on any atom is -0.465 e. The van der Waals surface area contributed by atoms with Gasteiger partial charge in [-0.15, -0.1) is 0 Å². The fourth-order valence-corrected chi connectivity index (χ4v) is 5.04. The summed E-state index contributed by atoms with van der Waals surface area (Å²) in [4.78, 5) is 30.3. The van der Waals surface area contributed by atoms with Gasteiger partial charge >= 0.3 is 5.97 Å². The third-order valence-corrected chi connectivity index (χ3v) is 7.47. The number of hydrogen-bond acceptors (Lipinski definition) is 6. The average molecular weight is 529 g/mol. The Kier molecular flexibility index (Phi) is 9.02. The summed E-state index contributed by atoms with van der Waals surface area (Å²) in [6.45, 7) is 10.8. The largest absolute Gasteiger partial charge is 0.465 e. The number of carbonyl (C=O) groups is 2. The molecule has 1 aromatic heterocycles. The summed E-state index contributed by atoms with van der Waals surface area (Å²) in [5.41, 5.74) is 8.75. The van der Waals surface area contributed by atoms with Crippen molar-refractivity contribution < 1.29 is 14.3 Å². The molecule has 206 valence electrons. The predicted molar refractivity (Wildman–Crippen MR) is 157 cm³/mol. The van der Waals surface area contributed by atoms with Crippen LogP contribution in [0.15, 0.2) is 48.7 Å². The Hall–Kier alpha value is -3.71. The van der Waals surface area contributed by atoms with Crippen LogP contribution in [0.4, 0.5) is 11.4 Å². The molecular weight excluding hydrogens is 488 g/mol. The van der Waals surface area contributed by atoms with Crippen LogP contribution in [0.2, 0.25) is 0 Å². The number of hydrogen-bond donors (Lipinski definition) is 3. The number of carbonyl (C=O) groups excluding carboxylic acids is 2. The highest BCUT2D eigenvalue weighted by Crippen LogP contribution is 2.42. The van der Waals surface area contributed by atoms with Gasteiger partial charge in [-0.25, -0.2) is 0 Å². The second kappa shape index (κ2) is 12.4. The van der Waals surface area contributed by atoms with Gasteiger partial charge in [0.15, 0.2) is 0 Å². The fraction of sp³-hybridized carbons (Fsp3) is 0.406. The Labute approximate surface area is 231 Å². The summed E-state index contributed by atoms with van der Waals surface area (Å²) in [7, 11) is 1.92. The van der Waals surface area contributed by atoms with E-state index < -0.39 is 6.04 Å². The minimum atomic E-state index is -0.396. The van der Waals surface area contributed by atoms with Gasteiger partial charge in [0.2, 0.25) is 0 Å². The summed E-state index contributed by atoms with van der Waals surface area (Å²) in [6.07, 6.45) is 3.96. The molecule has 2 aromatic carbocycles. The van der Waals surface area contributed by atoms with E-state index in [-0.39, 0.29) is 17.8 Å². The molecular formula is C32H40N4O3. The maximum atomic E-state index is 13.3. The first kappa shape index (κ1) is 28.3. The molecule has 7 nitrogen and oxygen atoms in total. The van der Waals surface area contributed by atoms with Crippen molar-refractivity contribution in [2.75, 3.05) is 24.3 Å². The fourth-order valence-electron chi connectivity index (χ4n) is 5.04. The molecule has 0 radical (unpaired) electrons. The number of benzene rings is 2. The van der Waals surface area contributed by atoms with E-state index >= 15 is 0 Å². The molecule has 1 atom stereocenters. The van der Waals surface area contributed by atoms with E-state index in [2.05, 4.69) is 46.1 Å². The lowest BCUT2D eigenvalue weighted by Crippen LogP contribution is -2.41. The van der Waals surface area contributed by atoms with Gasteiger partial charge in [-0.3, -0.25) is 14.6 Å². The molecule has 0 aliphatic heterocycles. The highest BCUT2D eigenvalue weighted by Gasteiger charge is 2.29. The van der Waals surface area contributed by atoms with Crippen molar-refractivity contribution >= 4 is 23.3 Å². The van der Waals surface area contributed by atoms with Crippen LogP contribution in [-0.4, -0.2) is 36.6 Å². The van der Waals surface area contributed by atoms with Gasteiger partial charge in [0.05, 0.1) is 6.61 Å². The standard InChI is InChI=1S/C32H40N4O3/c1-7-39-32(38)30(19(2)3)35-18-23-17-34-29(16-26(23)22-14-15-22)31(37)36-28-13-9-11-25(21(28)5)24-10-8-12-27(33-6)20(24)4/h8-13,16-17,19,22,30,33,35H,7,14-15,18H2,1-6H3,(H,36,37).